The number of thiophene rings is 1. The molecule has 2 aromatic heterocycles. The molecular formula is C20H19N3O2S. The molecule has 0 bridgehead atoms. The number of carbonyl (C=O) groups excluding carboxylic acids is 2. The van der Waals surface area contributed by atoms with Crippen LogP contribution in [0.3, 0.4) is 0 Å². The summed E-state index contributed by atoms with van der Waals surface area (Å²) in [5.41, 5.74) is 4.18. The summed E-state index contributed by atoms with van der Waals surface area (Å²) in [5, 5.41) is 6.27. The van der Waals surface area contributed by atoms with Crippen molar-refractivity contribution in [2.75, 3.05) is 6.54 Å². The summed E-state index contributed by atoms with van der Waals surface area (Å²) >= 11 is 1.77. The Morgan fingerprint density at radius 3 is 2.65 bits per heavy atom. The first kappa shape index (κ1) is 16.7. The molecule has 3 heterocycles. The highest BCUT2D eigenvalue weighted by molar-refractivity contribution is 7.10. The lowest BCUT2D eigenvalue weighted by Gasteiger charge is -2.27. The fourth-order valence-electron chi connectivity index (χ4n) is 3.46. The molecular weight excluding hydrogens is 346 g/mol. The van der Waals surface area contributed by atoms with Crippen LogP contribution < -0.4 is 0 Å². The zero-order valence-electron chi connectivity index (χ0n) is 14.7. The minimum atomic E-state index is -0.0277. The van der Waals surface area contributed by atoms with E-state index >= 15 is 0 Å². The number of benzene rings is 1. The molecule has 1 aromatic carbocycles. The second-order valence-electron chi connectivity index (χ2n) is 6.51. The van der Waals surface area contributed by atoms with E-state index in [4.69, 9.17) is 0 Å². The van der Waals surface area contributed by atoms with Crippen molar-refractivity contribution in [1.82, 2.24) is 14.7 Å². The lowest BCUT2D eigenvalue weighted by Crippen LogP contribution is -2.35. The molecule has 1 aliphatic heterocycles. The van der Waals surface area contributed by atoms with Crippen LogP contribution in [0.5, 0.6) is 0 Å². The summed E-state index contributed by atoms with van der Waals surface area (Å²) in [6, 6.07) is 9.54. The molecule has 6 heteroatoms. The SMILES string of the molecule is CC(=O)c1c(-c2ccc(C(=O)N3CCc4sccc4C3)cc2)cnn1C. The fourth-order valence-corrected chi connectivity index (χ4v) is 4.35. The van der Waals surface area contributed by atoms with E-state index in [9.17, 15) is 9.59 Å². The Balaban J connectivity index is 1.57. The van der Waals surface area contributed by atoms with Gasteiger partial charge in [-0.3, -0.25) is 14.3 Å². The number of hydrogen-bond acceptors (Lipinski definition) is 4. The maximum absolute atomic E-state index is 12.8. The van der Waals surface area contributed by atoms with Crippen molar-refractivity contribution in [1.29, 1.82) is 0 Å². The summed E-state index contributed by atoms with van der Waals surface area (Å²) in [5.74, 6) is 0.0198. The first-order valence-electron chi connectivity index (χ1n) is 8.52. The highest BCUT2D eigenvalue weighted by Crippen LogP contribution is 2.27. The van der Waals surface area contributed by atoms with Gasteiger partial charge in [0.2, 0.25) is 0 Å². The Hall–Kier alpha value is -2.73. The molecule has 26 heavy (non-hydrogen) atoms. The minimum Gasteiger partial charge on any atom is -0.334 e. The number of amides is 1. The topological polar surface area (TPSA) is 55.2 Å². The van der Waals surface area contributed by atoms with Gasteiger partial charge in [0.05, 0.1) is 6.20 Å². The van der Waals surface area contributed by atoms with E-state index < -0.39 is 0 Å². The third-order valence-electron chi connectivity index (χ3n) is 4.81. The highest BCUT2D eigenvalue weighted by Gasteiger charge is 2.22. The van der Waals surface area contributed by atoms with Gasteiger partial charge in [0, 0.05) is 43.1 Å². The number of carbonyl (C=O) groups is 2. The van der Waals surface area contributed by atoms with Crippen molar-refractivity contribution in [3.63, 3.8) is 0 Å². The number of Topliss-reactive ketones (excluding diaryl/α,β-unsaturated/α-hetero) is 1. The van der Waals surface area contributed by atoms with Gasteiger partial charge in [-0.1, -0.05) is 12.1 Å². The molecule has 0 radical (unpaired) electrons. The highest BCUT2D eigenvalue weighted by atomic mass is 32.1. The van der Waals surface area contributed by atoms with Gasteiger partial charge in [-0.05, 0) is 41.1 Å². The third kappa shape index (κ3) is 2.86. The van der Waals surface area contributed by atoms with Crippen LogP contribution >= 0.6 is 11.3 Å². The molecule has 3 aromatic rings. The average Bonchev–Trinajstić information content (AvgIpc) is 3.26. The van der Waals surface area contributed by atoms with Gasteiger partial charge in [0.1, 0.15) is 5.69 Å². The Labute approximate surface area is 155 Å². The van der Waals surface area contributed by atoms with Gasteiger partial charge < -0.3 is 4.90 Å². The molecule has 0 atom stereocenters. The van der Waals surface area contributed by atoms with Crippen LogP contribution in [0.15, 0.2) is 41.9 Å². The van der Waals surface area contributed by atoms with Crippen LogP contribution in [0.1, 0.15) is 38.2 Å². The number of nitrogens with zero attached hydrogens (tertiary/aromatic N) is 3. The van der Waals surface area contributed by atoms with Crippen molar-refractivity contribution in [2.45, 2.75) is 19.9 Å². The zero-order chi connectivity index (χ0) is 18.3. The van der Waals surface area contributed by atoms with E-state index in [1.54, 1.807) is 29.3 Å². The molecule has 0 saturated heterocycles. The van der Waals surface area contributed by atoms with Crippen LogP contribution in [0.2, 0.25) is 0 Å². The van der Waals surface area contributed by atoms with Crippen molar-refractivity contribution in [2.24, 2.45) is 7.05 Å². The summed E-state index contributed by atoms with van der Waals surface area (Å²) in [4.78, 5) is 28.0. The van der Waals surface area contributed by atoms with E-state index in [1.807, 2.05) is 29.2 Å². The normalized spacial score (nSPS) is 13.5. The lowest BCUT2D eigenvalue weighted by atomic mass is 10.0. The number of aryl methyl sites for hydroxylation is 1. The van der Waals surface area contributed by atoms with Gasteiger partial charge in [-0.2, -0.15) is 5.10 Å². The first-order valence-corrected chi connectivity index (χ1v) is 9.40. The van der Waals surface area contributed by atoms with E-state index in [-0.39, 0.29) is 11.7 Å². The molecule has 5 nitrogen and oxygen atoms in total. The van der Waals surface area contributed by atoms with Crippen LogP contribution in [-0.4, -0.2) is 32.9 Å². The molecule has 0 N–H and O–H groups in total. The molecule has 132 valence electrons. The molecule has 4 rings (SSSR count). The predicted molar refractivity (Wildman–Crippen MR) is 101 cm³/mol. The van der Waals surface area contributed by atoms with E-state index in [0.29, 0.717) is 17.8 Å². The summed E-state index contributed by atoms with van der Waals surface area (Å²) < 4.78 is 1.59. The number of rotatable bonds is 3. The number of fused-ring (bicyclic) bond motifs is 1. The van der Waals surface area contributed by atoms with Crippen molar-refractivity contribution in [3.8, 4) is 11.1 Å². The first-order chi connectivity index (χ1) is 12.5. The van der Waals surface area contributed by atoms with E-state index in [0.717, 1.165) is 24.1 Å². The Morgan fingerprint density at radius 2 is 1.92 bits per heavy atom. The van der Waals surface area contributed by atoms with Crippen LogP contribution in [0.25, 0.3) is 11.1 Å². The quantitative estimate of drug-likeness (QED) is 0.667. The largest absolute Gasteiger partial charge is 0.334 e. The smallest absolute Gasteiger partial charge is 0.254 e. The van der Waals surface area contributed by atoms with Gasteiger partial charge in [0.25, 0.3) is 5.91 Å². The standard InChI is InChI=1S/C20H19N3O2S/c1-13(24)19-17(11-21-22(19)2)14-3-5-15(6-4-14)20(25)23-9-7-18-16(12-23)8-10-26-18/h3-6,8,10-11H,7,9,12H2,1-2H3. The number of hydrogen-bond donors (Lipinski definition) is 0. The van der Waals surface area contributed by atoms with Crippen LogP contribution in [0, 0.1) is 0 Å². The Kier molecular flexibility index (Phi) is 4.20. The van der Waals surface area contributed by atoms with E-state index in [2.05, 4.69) is 16.5 Å². The summed E-state index contributed by atoms with van der Waals surface area (Å²) in [6.45, 7) is 2.97. The van der Waals surface area contributed by atoms with E-state index in [1.165, 1.54) is 17.4 Å². The Bertz CT molecular complexity index is 985. The molecule has 0 fully saturated rings. The third-order valence-corrected chi connectivity index (χ3v) is 5.83. The molecule has 1 aliphatic rings. The van der Waals surface area contributed by atoms with Crippen molar-refractivity contribution in [3.05, 3.63) is 63.6 Å². The second-order valence-corrected chi connectivity index (χ2v) is 7.51. The van der Waals surface area contributed by atoms with Crippen LogP contribution in [-0.2, 0) is 20.0 Å². The van der Waals surface area contributed by atoms with Crippen LogP contribution in [0.4, 0.5) is 0 Å². The molecule has 0 aliphatic carbocycles. The van der Waals surface area contributed by atoms with Gasteiger partial charge in [0.15, 0.2) is 5.78 Å². The number of ketones is 1. The predicted octanol–water partition coefficient (Wildman–Crippen LogP) is 3.55. The molecule has 0 unspecified atom stereocenters. The Morgan fingerprint density at radius 1 is 1.15 bits per heavy atom. The minimum absolute atomic E-state index is 0.0277. The van der Waals surface area contributed by atoms with Crippen molar-refractivity contribution >= 4 is 23.0 Å². The van der Waals surface area contributed by atoms with Gasteiger partial charge in [-0.15, -0.1) is 11.3 Å². The molecule has 1 amide bonds. The average molecular weight is 365 g/mol. The second kappa shape index (κ2) is 6.53. The van der Waals surface area contributed by atoms with Gasteiger partial charge in [-0.25, -0.2) is 0 Å². The monoisotopic (exact) mass is 365 g/mol. The number of aromatic nitrogens is 2. The zero-order valence-corrected chi connectivity index (χ0v) is 15.5. The molecule has 0 saturated carbocycles. The summed E-state index contributed by atoms with van der Waals surface area (Å²) in [7, 11) is 1.76. The molecule has 0 spiro atoms. The van der Waals surface area contributed by atoms with Gasteiger partial charge >= 0.3 is 0 Å². The fraction of sp³-hybridized carbons (Fsp3) is 0.250. The summed E-state index contributed by atoms with van der Waals surface area (Å²) in [6.07, 6.45) is 2.62. The maximum atomic E-state index is 12.8. The maximum Gasteiger partial charge on any atom is 0.254 e. The van der Waals surface area contributed by atoms with Crippen molar-refractivity contribution < 1.29 is 9.59 Å². The lowest BCUT2D eigenvalue weighted by molar-refractivity contribution is 0.0735.